The summed E-state index contributed by atoms with van der Waals surface area (Å²) in [4.78, 5) is 0. The van der Waals surface area contributed by atoms with Gasteiger partial charge in [-0.2, -0.15) is 0 Å². The highest BCUT2D eigenvalue weighted by Gasteiger charge is 1.87. The van der Waals surface area contributed by atoms with E-state index in [2.05, 4.69) is 132 Å². The van der Waals surface area contributed by atoms with E-state index in [4.69, 9.17) is 0 Å². The van der Waals surface area contributed by atoms with Crippen molar-refractivity contribution in [2.75, 3.05) is 0 Å². The molecule has 0 saturated heterocycles. The maximum atomic E-state index is 3.82. The predicted molar refractivity (Wildman–Crippen MR) is 192 cm³/mol. The Hall–Kier alpha value is -3.12. The van der Waals surface area contributed by atoms with Crippen molar-refractivity contribution in [3.8, 4) is 0 Å². The monoisotopic (exact) mass is 545 g/mol. The summed E-state index contributed by atoms with van der Waals surface area (Å²) in [5.41, 5.74) is 9.98. The molecular weight excluding hydrogens is 480 g/mol. The second kappa shape index (κ2) is 32.1. The molecule has 0 aliphatic carbocycles. The molecule has 0 radical (unpaired) electrons. The first-order chi connectivity index (χ1) is 18.7. The first-order valence-corrected chi connectivity index (χ1v) is 14.4. The summed E-state index contributed by atoms with van der Waals surface area (Å²) in [6.07, 6.45) is 24.6. The van der Waals surface area contributed by atoms with Crippen LogP contribution in [0.2, 0.25) is 0 Å². The highest BCUT2D eigenvalue weighted by atomic mass is 13.9. The van der Waals surface area contributed by atoms with Crippen molar-refractivity contribution in [1.29, 1.82) is 0 Å². The molecule has 0 bridgehead atoms. The molecule has 0 aromatic carbocycles. The van der Waals surface area contributed by atoms with Crippen LogP contribution in [-0.4, -0.2) is 0 Å². The molecular formula is C40H64. The maximum absolute atomic E-state index is 3.82. The van der Waals surface area contributed by atoms with Crippen LogP contribution in [0.4, 0.5) is 0 Å². The first-order valence-electron chi connectivity index (χ1n) is 14.4. The van der Waals surface area contributed by atoms with Crippen molar-refractivity contribution in [3.05, 3.63) is 146 Å². The van der Waals surface area contributed by atoms with Gasteiger partial charge in [0.25, 0.3) is 0 Å². The van der Waals surface area contributed by atoms with E-state index in [1.807, 2.05) is 24.3 Å². The van der Waals surface area contributed by atoms with Crippen molar-refractivity contribution in [2.24, 2.45) is 0 Å². The molecule has 0 amide bonds. The van der Waals surface area contributed by atoms with Gasteiger partial charge in [0.1, 0.15) is 0 Å². The predicted octanol–water partition coefficient (Wildman–Crippen LogP) is 13.9. The number of hydrogen-bond donors (Lipinski definition) is 0. The molecule has 0 spiro atoms. The van der Waals surface area contributed by atoms with E-state index in [-0.39, 0.29) is 0 Å². The molecule has 0 aliphatic rings. The third kappa shape index (κ3) is 48.0. The molecule has 0 rings (SSSR count). The lowest BCUT2D eigenvalue weighted by Gasteiger charge is -1.94. The van der Waals surface area contributed by atoms with Crippen LogP contribution in [0, 0.1) is 0 Å². The average Bonchev–Trinajstić information content (AvgIpc) is 2.88. The van der Waals surface area contributed by atoms with E-state index in [0.29, 0.717) is 0 Å². The van der Waals surface area contributed by atoms with Gasteiger partial charge in [0.2, 0.25) is 0 Å². The van der Waals surface area contributed by atoms with Gasteiger partial charge in [-0.25, -0.2) is 0 Å². The fraction of sp³-hybridized carbons (Fsp3) is 0.400. The molecule has 0 unspecified atom stereocenters. The molecule has 0 aromatic heterocycles. The molecule has 0 heteroatoms. The van der Waals surface area contributed by atoms with Gasteiger partial charge in [0.15, 0.2) is 0 Å². The van der Waals surface area contributed by atoms with Gasteiger partial charge in [-0.15, -0.1) is 0 Å². The van der Waals surface area contributed by atoms with Crippen molar-refractivity contribution < 1.29 is 0 Å². The van der Waals surface area contributed by atoms with Gasteiger partial charge in [-0.05, 0) is 107 Å². The van der Waals surface area contributed by atoms with Gasteiger partial charge in [-0.1, -0.05) is 146 Å². The van der Waals surface area contributed by atoms with Crippen molar-refractivity contribution in [3.63, 3.8) is 0 Å². The average molecular weight is 545 g/mol. The molecule has 0 heterocycles. The summed E-state index contributed by atoms with van der Waals surface area (Å²) >= 11 is 0. The van der Waals surface area contributed by atoms with Gasteiger partial charge in [0.05, 0.1) is 0 Å². The van der Waals surface area contributed by atoms with Crippen LogP contribution in [0.1, 0.15) is 107 Å². The Kier molecular flexibility index (Phi) is 35.2. The molecule has 0 aromatic rings. The van der Waals surface area contributed by atoms with E-state index in [1.165, 1.54) is 22.3 Å². The van der Waals surface area contributed by atoms with Crippen LogP contribution in [0.5, 0.6) is 0 Å². The molecule has 0 aliphatic heterocycles. The molecule has 0 nitrogen and oxygen atoms in total. The highest BCUT2D eigenvalue weighted by Crippen LogP contribution is 2.07. The van der Waals surface area contributed by atoms with E-state index in [9.17, 15) is 0 Å². The second-order valence-electron chi connectivity index (χ2n) is 10.7. The molecule has 0 N–H and O–H groups in total. The van der Waals surface area contributed by atoms with Crippen molar-refractivity contribution in [2.45, 2.75) is 107 Å². The summed E-state index contributed by atoms with van der Waals surface area (Å²) in [5.74, 6) is 0. The van der Waals surface area contributed by atoms with Crippen LogP contribution in [0.15, 0.2) is 146 Å². The number of allylic oxidation sites excluding steroid dienone is 16. The van der Waals surface area contributed by atoms with Gasteiger partial charge in [0, 0.05) is 0 Å². The largest absolute Gasteiger partial charge is 0.0988 e. The van der Waals surface area contributed by atoms with Gasteiger partial charge >= 0.3 is 0 Å². The Morgan fingerprint density at radius 3 is 0.600 bits per heavy atom. The molecule has 224 valence electrons. The minimum absolute atomic E-state index is 1.04. The molecule has 0 fully saturated rings. The van der Waals surface area contributed by atoms with Crippen LogP contribution in [-0.2, 0) is 0 Å². The number of rotatable bonds is 16. The van der Waals surface area contributed by atoms with Crippen LogP contribution >= 0.6 is 0 Å². The quantitative estimate of drug-likeness (QED) is 0.134. The van der Waals surface area contributed by atoms with Gasteiger partial charge < -0.3 is 0 Å². The lowest BCUT2D eigenvalue weighted by Crippen LogP contribution is -1.74. The van der Waals surface area contributed by atoms with E-state index >= 15 is 0 Å². The Morgan fingerprint density at radius 2 is 0.500 bits per heavy atom. The fourth-order valence-electron chi connectivity index (χ4n) is 2.59. The summed E-state index contributed by atoms with van der Waals surface area (Å²) < 4.78 is 0. The van der Waals surface area contributed by atoms with E-state index < -0.39 is 0 Å². The minimum atomic E-state index is 1.04. The van der Waals surface area contributed by atoms with E-state index in [0.717, 1.165) is 73.7 Å². The topological polar surface area (TPSA) is 0 Å². The SMILES string of the molecule is C=CC(=C)CCC=C(C)C.C=CC(=C)CCC=C(C)C.C=CC(=C)CCC=C(C)C.C=CC(=C)CCC=C(C)C. The lowest BCUT2D eigenvalue weighted by molar-refractivity contribution is 0.999. The van der Waals surface area contributed by atoms with Gasteiger partial charge in [-0.3, -0.25) is 0 Å². The minimum Gasteiger partial charge on any atom is -0.0988 e. The summed E-state index contributed by atoms with van der Waals surface area (Å²) in [7, 11) is 0. The number of hydrogen-bond acceptors (Lipinski definition) is 0. The normalized spacial score (nSPS) is 8.60. The zero-order chi connectivity index (χ0) is 31.9. The van der Waals surface area contributed by atoms with Crippen molar-refractivity contribution in [1.82, 2.24) is 0 Å². The Morgan fingerprint density at radius 1 is 0.350 bits per heavy atom. The smallest absolute Gasteiger partial charge is 0.0250 e. The summed E-state index contributed by atoms with van der Waals surface area (Å²) in [5, 5.41) is 0. The van der Waals surface area contributed by atoms with Crippen LogP contribution < -0.4 is 0 Å². The third-order valence-corrected chi connectivity index (χ3v) is 5.23. The summed E-state index contributed by atoms with van der Waals surface area (Å²) in [6, 6.07) is 0. The third-order valence-electron chi connectivity index (χ3n) is 5.23. The van der Waals surface area contributed by atoms with Crippen LogP contribution in [0.3, 0.4) is 0 Å². The van der Waals surface area contributed by atoms with Crippen molar-refractivity contribution >= 4 is 0 Å². The maximum Gasteiger partial charge on any atom is -0.0250 e. The lowest BCUT2D eigenvalue weighted by atomic mass is 10.1. The Labute approximate surface area is 252 Å². The molecule has 40 heavy (non-hydrogen) atoms. The fourth-order valence-corrected chi connectivity index (χ4v) is 2.59. The zero-order valence-electron chi connectivity index (χ0n) is 27.9. The molecule has 0 atom stereocenters. The Bertz CT molecular complexity index is 734. The van der Waals surface area contributed by atoms with Crippen LogP contribution in [0.25, 0.3) is 0 Å². The first kappa shape index (κ1) is 43.9. The molecule has 0 saturated carbocycles. The Balaban J connectivity index is -0.000000216. The summed E-state index contributed by atoms with van der Waals surface area (Å²) in [6.45, 7) is 46.7. The van der Waals surface area contributed by atoms with E-state index in [1.54, 1.807) is 0 Å². The highest BCUT2D eigenvalue weighted by molar-refractivity contribution is 5.14. The standard InChI is InChI=1S/4C10H16/c4*1-5-10(4)8-6-7-9(2)3/h4*5,7H,1,4,6,8H2,2-3H3. The second-order valence-corrected chi connectivity index (χ2v) is 10.7. The zero-order valence-corrected chi connectivity index (χ0v) is 27.9.